The average molecular weight is 305 g/mol. The molecule has 0 saturated carbocycles. The maximum atomic E-state index is 12.1. The second kappa shape index (κ2) is 6.96. The van der Waals surface area contributed by atoms with Gasteiger partial charge in [-0.05, 0) is 31.2 Å². The highest BCUT2D eigenvalue weighted by molar-refractivity contribution is 5.94. The van der Waals surface area contributed by atoms with E-state index in [2.05, 4.69) is 4.74 Å². The zero-order valence-electron chi connectivity index (χ0n) is 11.2. The standard InChI is InChI=1S/C13H14F3NO4/c1-2-17(8-7-11(18)19)12(20)9-3-5-10(6-4-9)21-13(14,15)16/h3-6H,2,7-8H2,1H3,(H,18,19). The van der Waals surface area contributed by atoms with Crippen LogP contribution in [0.1, 0.15) is 23.7 Å². The summed E-state index contributed by atoms with van der Waals surface area (Å²) < 4.78 is 39.7. The second-order valence-electron chi connectivity index (χ2n) is 4.10. The number of ether oxygens (including phenoxy) is 1. The molecule has 0 atom stereocenters. The molecule has 0 unspecified atom stereocenters. The van der Waals surface area contributed by atoms with Crippen LogP contribution in [0.15, 0.2) is 24.3 Å². The Hall–Kier alpha value is -2.25. The molecule has 1 rings (SSSR count). The lowest BCUT2D eigenvalue weighted by Crippen LogP contribution is -2.32. The van der Waals surface area contributed by atoms with Crippen LogP contribution in [0.25, 0.3) is 0 Å². The number of nitrogens with zero attached hydrogens (tertiary/aromatic N) is 1. The highest BCUT2D eigenvalue weighted by Gasteiger charge is 2.31. The molecule has 0 fully saturated rings. The van der Waals surface area contributed by atoms with Crippen molar-refractivity contribution in [2.45, 2.75) is 19.7 Å². The third-order valence-corrected chi connectivity index (χ3v) is 2.60. The SMILES string of the molecule is CCN(CCC(=O)O)C(=O)c1ccc(OC(F)(F)F)cc1. The first-order valence-corrected chi connectivity index (χ1v) is 6.10. The molecule has 0 radical (unpaired) electrons. The number of amides is 1. The van der Waals surface area contributed by atoms with Crippen molar-refractivity contribution >= 4 is 11.9 Å². The van der Waals surface area contributed by atoms with Gasteiger partial charge in [-0.2, -0.15) is 0 Å². The number of hydrogen-bond donors (Lipinski definition) is 1. The van der Waals surface area contributed by atoms with Crippen molar-refractivity contribution in [3.05, 3.63) is 29.8 Å². The van der Waals surface area contributed by atoms with Gasteiger partial charge in [0.25, 0.3) is 5.91 Å². The second-order valence-corrected chi connectivity index (χ2v) is 4.10. The quantitative estimate of drug-likeness (QED) is 0.877. The number of aliphatic carboxylic acids is 1. The largest absolute Gasteiger partial charge is 0.573 e. The van der Waals surface area contributed by atoms with E-state index in [1.807, 2.05) is 0 Å². The smallest absolute Gasteiger partial charge is 0.481 e. The number of carboxylic acids is 1. The van der Waals surface area contributed by atoms with E-state index in [0.29, 0.717) is 6.54 Å². The van der Waals surface area contributed by atoms with E-state index in [-0.39, 0.29) is 18.5 Å². The molecule has 0 spiro atoms. The van der Waals surface area contributed by atoms with E-state index in [0.717, 1.165) is 12.1 Å². The molecule has 116 valence electrons. The Morgan fingerprint density at radius 1 is 1.24 bits per heavy atom. The van der Waals surface area contributed by atoms with Gasteiger partial charge in [0.15, 0.2) is 0 Å². The zero-order chi connectivity index (χ0) is 16.0. The maximum absolute atomic E-state index is 12.1. The molecule has 0 saturated heterocycles. The predicted molar refractivity (Wildman–Crippen MR) is 67.0 cm³/mol. The molecule has 8 heteroatoms. The molecule has 0 aliphatic rings. The van der Waals surface area contributed by atoms with Crippen molar-refractivity contribution in [3.8, 4) is 5.75 Å². The third kappa shape index (κ3) is 5.72. The van der Waals surface area contributed by atoms with Gasteiger partial charge < -0.3 is 14.7 Å². The summed E-state index contributed by atoms with van der Waals surface area (Å²) in [6, 6.07) is 4.47. The van der Waals surface area contributed by atoms with Gasteiger partial charge >= 0.3 is 12.3 Å². The first-order chi connectivity index (χ1) is 9.73. The Balaban J connectivity index is 2.75. The Morgan fingerprint density at radius 2 is 1.81 bits per heavy atom. The van der Waals surface area contributed by atoms with Gasteiger partial charge in [0.05, 0.1) is 6.42 Å². The summed E-state index contributed by atoms with van der Waals surface area (Å²) >= 11 is 0. The van der Waals surface area contributed by atoms with Crippen LogP contribution < -0.4 is 4.74 Å². The predicted octanol–water partition coefficient (Wildman–Crippen LogP) is 2.52. The van der Waals surface area contributed by atoms with Gasteiger partial charge in [0.1, 0.15) is 5.75 Å². The summed E-state index contributed by atoms with van der Waals surface area (Å²) in [5.41, 5.74) is 0.164. The van der Waals surface area contributed by atoms with Crippen LogP contribution in [-0.4, -0.2) is 41.3 Å². The number of benzene rings is 1. The average Bonchev–Trinajstić information content (AvgIpc) is 2.37. The molecular weight excluding hydrogens is 291 g/mol. The number of halogens is 3. The summed E-state index contributed by atoms with van der Waals surface area (Å²) in [4.78, 5) is 23.8. The molecule has 0 bridgehead atoms. The molecule has 1 aromatic rings. The number of hydrogen-bond acceptors (Lipinski definition) is 3. The molecule has 0 aliphatic carbocycles. The Morgan fingerprint density at radius 3 is 2.24 bits per heavy atom. The normalized spacial score (nSPS) is 11.0. The number of alkyl halides is 3. The zero-order valence-corrected chi connectivity index (χ0v) is 11.2. The summed E-state index contributed by atoms with van der Waals surface area (Å²) in [7, 11) is 0. The van der Waals surface area contributed by atoms with Crippen LogP contribution in [0.4, 0.5) is 13.2 Å². The highest BCUT2D eigenvalue weighted by atomic mass is 19.4. The van der Waals surface area contributed by atoms with E-state index in [9.17, 15) is 22.8 Å². The Kier molecular flexibility index (Phi) is 5.57. The van der Waals surface area contributed by atoms with E-state index in [1.165, 1.54) is 17.0 Å². The van der Waals surface area contributed by atoms with Gasteiger partial charge in [-0.1, -0.05) is 0 Å². The highest BCUT2D eigenvalue weighted by Crippen LogP contribution is 2.23. The summed E-state index contributed by atoms with van der Waals surface area (Å²) in [6.07, 6.45) is -4.99. The van der Waals surface area contributed by atoms with Crippen LogP contribution in [-0.2, 0) is 4.79 Å². The van der Waals surface area contributed by atoms with Crippen LogP contribution >= 0.6 is 0 Å². The van der Waals surface area contributed by atoms with Crippen LogP contribution in [0.5, 0.6) is 5.75 Å². The monoisotopic (exact) mass is 305 g/mol. The summed E-state index contributed by atoms with van der Waals surface area (Å²) in [5, 5.41) is 8.59. The number of rotatable bonds is 6. The van der Waals surface area contributed by atoms with Gasteiger partial charge in [-0.3, -0.25) is 9.59 Å². The topological polar surface area (TPSA) is 66.8 Å². The van der Waals surface area contributed by atoms with Crippen molar-refractivity contribution in [1.29, 1.82) is 0 Å². The van der Waals surface area contributed by atoms with E-state index >= 15 is 0 Å². The number of carbonyl (C=O) groups excluding carboxylic acids is 1. The van der Waals surface area contributed by atoms with Gasteiger partial charge in [0, 0.05) is 18.7 Å². The van der Waals surface area contributed by atoms with E-state index in [4.69, 9.17) is 5.11 Å². The van der Waals surface area contributed by atoms with Crippen molar-refractivity contribution in [2.24, 2.45) is 0 Å². The fourth-order valence-electron chi connectivity index (χ4n) is 1.62. The van der Waals surface area contributed by atoms with Crippen molar-refractivity contribution in [2.75, 3.05) is 13.1 Å². The van der Waals surface area contributed by atoms with Crippen LogP contribution in [0.2, 0.25) is 0 Å². The van der Waals surface area contributed by atoms with Crippen molar-refractivity contribution in [3.63, 3.8) is 0 Å². The number of carbonyl (C=O) groups is 2. The lowest BCUT2D eigenvalue weighted by molar-refractivity contribution is -0.274. The summed E-state index contributed by atoms with van der Waals surface area (Å²) in [5.74, 6) is -1.90. The third-order valence-electron chi connectivity index (χ3n) is 2.60. The minimum absolute atomic E-state index is 0.0332. The Labute approximate surface area is 118 Å². The van der Waals surface area contributed by atoms with E-state index < -0.39 is 24.0 Å². The minimum atomic E-state index is -4.79. The minimum Gasteiger partial charge on any atom is -0.481 e. The first kappa shape index (κ1) is 16.8. The van der Waals surface area contributed by atoms with Crippen LogP contribution in [0.3, 0.4) is 0 Å². The molecule has 5 nitrogen and oxygen atoms in total. The molecule has 1 N–H and O–H groups in total. The number of carboxylic acid groups (broad SMARTS) is 1. The van der Waals surface area contributed by atoms with Crippen molar-refractivity contribution < 1.29 is 32.6 Å². The van der Waals surface area contributed by atoms with Gasteiger partial charge in [-0.25, -0.2) is 0 Å². The van der Waals surface area contributed by atoms with Crippen molar-refractivity contribution in [1.82, 2.24) is 4.90 Å². The first-order valence-electron chi connectivity index (χ1n) is 6.10. The summed E-state index contributed by atoms with van der Waals surface area (Å²) in [6.45, 7) is 2.01. The molecule has 0 heterocycles. The molecule has 21 heavy (non-hydrogen) atoms. The van der Waals surface area contributed by atoms with E-state index in [1.54, 1.807) is 6.92 Å². The Bertz CT molecular complexity index is 499. The lowest BCUT2D eigenvalue weighted by Gasteiger charge is -2.20. The molecular formula is C13H14F3NO4. The van der Waals surface area contributed by atoms with Gasteiger partial charge in [-0.15, -0.1) is 13.2 Å². The molecule has 1 aromatic carbocycles. The molecule has 1 amide bonds. The van der Waals surface area contributed by atoms with Crippen LogP contribution in [0, 0.1) is 0 Å². The van der Waals surface area contributed by atoms with Gasteiger partial charge in [0.2, 0.25) is 0 Å². The fraction of sp³-hybridized carbons (Fsp3) is 0.385. The lowest BCUT2D eigenvalue weighted by atomic mass is 10.2. The molecule has 0 aromatic heterocycles. The molecule has 0 aliphatic heterocycles. The maximum Gasteiger partial charge on any atom is 0.573 e. The fourth-order valence-corrected chi connectivity index (χ4v) is 1.62.